The number of imidazole rings is 1. The highest BCUT2D eigenvalue weighted by Crippen LogP contribution is 2.34. The maximum absolute atomic E-state index is 12.8. The molecular weight excluding hydrogens is 362 g/mol. The average molecular weight is 392 g/mol. The lowest BCUT2D eigenvalue weighted by Crippen LogP contribution is -2.24. The van der Waals surface area contributed by atoms with Gasteiger partial charge in [-0.1, -0.05) is 26.0 Å². The molecule has 4 rings (SSSR count). The Labute approximate surface area is 172 Å². The van der Waals surface area contributed by atoms with Crippen LogP contribution in [0.4, 0.5) is 5.69 Å². The number of anilines is 1. The molecule has 152 valence electrons. The molecule has 1 fully saturated rings. The number of nitrogens with zero attached hydrogens (tertiary/aromatic N) is 3. The van der Waals surface area contributed by atoms with Gasteiger partial charge in [0.15, 0.2) is 0 Å². The Morgan fingerprint density at radius 2 is 1.90 bits per heavy atom. The van der Waals surface area contributed by atoms with Crippen LogP contribution in [0.2, 0.25) is 0 Å². The fourth-order valence-electron chi connectivity index (χ4n) is 4.05. The molecule has 2 aromatic carbocycles. The van der Waals surface area contributed by atoms with E-state index in [0.717, 1.165) is 41.3 Å². The minimum absolute atomic E-state index is 0.105. The summed E-state index contributed by atoms with van der Waals surface area (Å²) >= 11 is 0. The van der Waals surface area contributed by atoms with E-state index in [1.807, 2.05) is 42.2 Å². The van der Waals surface area contributed by atoms with E-state index in [1.54, 1.807) is 0 Å². The Kier molecular flexibility index (Phi) is 5.56. The van der Waals surface area contributed by atoms with Gasteiger partial charge in [-0.3, -0.25) is 4.79 Å². The first-order chi connectivity index (χ1) is 14.1. The number of aryl methyl sites for hydroxylation is 1. The van der Waals surface area contributed by atoms with Gasteiger partial charge < -0.3 is 14.2 Å². The summed E-state index contributed by atoms with van der Waals surface area (Å²) in [6.45, 7) is 8.68. The van der Waals surface area contributed by atoms with Gasteiger partial charge in [-0.15, -0.1) is 0 Å². The number of ether oxygens (including phenoxy) is 1. The summed E-state index contributed by atoms with van der Waals surface area (Å²) in [6, 6.07) is 16.1. The number of carbonyl (C=O) groups excluding carboxylic acids is 1. The van der Waals surface area contributed by atoms with E-state index in [0.29, 0.717) is 25.5 Å². The number of carbonyl (C=O) groups is 1. The van der Waals surface area contributed by atoms with Crippen LogP contribution in [-0.4, -0.2) is 28.6 Å². The molecule has 0 radical (unpaired) electrons. The number of rotatable bonds is 7. The highest BCUT2D eigenvalue weighted by molar-refractivity contribution is 5.96. The molecule has 5 nitrogen and oxygen atoms in total. The van der Waals surface area contributed by atoms with E-state index in [4.69, 9.17) is 9.72 Å². The van der Waals surface area contributed by atoms with Gasteiger partial charge in [0.05, 0.1) is 17.6 Å². The summed E-state index contributed by atoms with van der Waals surface area (Å²) in [5.41, 5.74) is 3.10. The van der Waals surface area contributed by atoms with E-state index >= 15 is 0 Å². The number of aromatic nitrogens is 2. The molecule has 0 saturated carbocycles. The second-order valence-electron chi connectivity index (χ2n) is 8.13. The smallest absolute Gasteiger partial charge is 0.227 e. The fourth-order valence-corrected chi connectivity index (χ4v) is 4.05. The standard InChI is InChI=1S/C24H29N3O2/c1-4-29-20-11-9-19(10-12-20)27-16-18(15-23(27)28)24-25-21-7-5-6-8-22(21)26(24)14-13-17(2)3/h5-12,17-18H,4,13-16H2,1-3H3/t18-/m0/s1. The molecule has 0 aliphatic carbocycles. The van der Waals surface area contributed by atoms with Crippen molar-refractivity contribution in [1.29, 1.82) is 0 Å². The van der Waals surface area contributed by atoms with E-state index in [-0.39, 0.29) is 11.8 Å². The zero-order chi connectivity index (χ0) is 20.4. The maximum Gasteiger partial charge on any atom is 0.227 e. The van der Waals surface area contributed by atoms with Crippen molar-refractivity contribution in [3.05, 3.63) is 54.4 Å². The fraction of sp³-hybridized carbons (Fsp3) is 0.417. The molecule has 0 unspecified atom stereocenters. The second-order valence-corrected chi connectivity index (χ2v) is 8.13. The van der Waals surface area contributed by atoms with Crippen LogP contribution in [0.1, 0.15) is 45.4 Å². The highest BCUT2D eigenvalue weighted by atomic mass is 16.5. The van der Waals surface area contributed by atoms with Crippen LogP contribution in [0.15, 0.2) is 48.5 Å². The Balaban J connectivity index is 1.61. The third-order valence-corrected chi connectivity index (χ3v) is 5.56. The van der Waals surface area contributed by atoms with Crippen LogP contribution in [-0.2, 0) is 11.3 Å². The molecule has 29 heavy (non-hydrogen) atoms. The van der Waals surface area contributed by atoms with Crippen molar-refractivity contribution >= 4 is 22.6 Å². The zero-order valence-corrected chi connectivity index (χ0v) is 17.5. The predicted octanol–water partition coefficient (Wildman–Crippen LogP) is 5.00. The van der Waals surface area contributed by atoms with Gasteiger partial charge in [-0.05, 0) is 55.7 Å². The lowest BCUT2D eigenvalue weighted by Gasteiger charge is -2.18. The van der Waals surface area contributed by atoms with Gasteiger partial charge in [0, 0.05) is 31.1 Å². The summed E-state index contributed by atoms with van der Waals surface area (Å²) in [5.74, 6) is 2.74. The highest BCUT2D eigenvalue weighted by Gasteiger charge is 2.34. The average Bonchev–Trinajstić information content (AvgIpc) is 3.27. The Morgan fingerprint density at radius 3 is 2.62 bits per heavy atom. The van der Waals surface area contributed by atoms with E-state index in [9.17, 15) is 4.79 Å². The Bertz CT molecular complexity index is 991. The van der Waals surface area contributed by atoms with Gasteiger partial charge in [-0.25, -0.2) is 4.98 Å². The van der Waals surface area contributed by atoms with Crippen molar-refractivity contribution in [2.75, 3.05) is 18.1 Å². The summed E-state index contributed by atoms with van der Waals surface area (Å²) in [5, 5.41) is 0. The molecule has 1 aromatic heterocycles. The number of fused-ring (bicyclic) bond motifs is 1. The van der Waals surface area contributed by atoms with Crippen molar-refractivity contribution in [1.82, 2.24) is 9.55 Å². The van der Waals surface area contributed by atoms with Gasteiger partial charge in [0.25, 0.3) is 0 Å². The molecule has 1 aliphatic heterocycles. The Morgan fingerprint density at radius 1 is 1.14 bits per heavy atom. The molecule has 0 bridgehead atoms. The topological polar surface area (TPSA) is 47.4 Å². The monoisotopic (exact) mass is 391 g/mol. The maximum atomic E-state index is 12.8. The van der Waals surface area contributed by atoms with E-state index in [2.05, 4.69) is 36.6 Å². The molecule has 0 N–H and O–H groups in total. The molecular formula is C24H29N3O2. The SMILES string of the molecule is CCOc1ccc(N2C[C@@H](c3nc4ccccc4n3CCC(C)C)CC2=O)cc1. The quantitative estimate of drug-likeness (QED) is 0.569. The Hall–Kier alpha value is -2.82. The van der Waals surface area contributed by atoms with Crippen LogP contribution in [0.3, 0.4) is 0 Å². The molecule has 1 aliphatic rings. The normalized spacial score (nSPS) is 16.9. The van der Waals surface area contributed by atoms with Crippen LogP contribution >= 0.6 is 0 Å². The van der Waals surface area contributed by atoms with Crippen molar-refractivity contribution in [2.45, 2.75) is 46.1 Å². The van der Waals surface area contributed by atoms with Crippen molar-refractivity contribution < 1.29 is 9.53 Å². The van der Waals surface area contributed by atoms with Gasteiger partial charge >= 0.3 is 0 Å². The van der Waals surface area contributed by atoms with Crippen molar-refractivity contribution in [3.63, 3.8) is 0 Å². The summed E-state index contributed by atoms with van der Waals surface area (Å²) in [7, 11) is 0. The van der Waals surface area contributed by atoms with E-state index in [1.165, 1.54) is 0 Å². The van der Waals surface area contributed by atoms with Crippen LogP contribution in [0.25, 0.3) is 11.0 Å². The van der Waals surface area contributed by atoms with Crippen molar-refractivity contribution in [2.24, 2.45) is 5.92 Å². The van der Waals surface area contributed by atoms with Crippen LogP contribution < -0.4 is 9.64 Å². The largest absolute Gasteiger partial charge is 0.494 e. The third kappa shape index (κ3) is 4.00. The second kappa shape index (κ2) is 8.27. The molecule has 1 saturated heterocycles. The number of para-hydroxylation sites is 2. The minimum atomic E-state index is 0.105. The number of hydrogen-bond donors (Lipinski definition) is 0. The van der Waals surface area contributed by atoms with Crippen molar-refractivity contribution in [3.8, 4) is 5.75 Å². The lowest BCUT2D eigenvalue weighted by atomic mass is 10.1. The van der Waals surface area contributed by atoms with Gasteiger partial charge in [0.2, 0.25) is 5.91 Å². The van der Waals surface area contributed by atoms with Crippen LogP contribution in [0, 0.1) is 5.92 Å². The van der Waals surface area contributed by atoms with Crippen LogP contribution in [0.5, 0.6) is 5.75 Å². The summed E-state index contributed by atoms with van der Waals surface area (Å²) < 4.78 is 7.85. The first-order valence-electron chi connectivity index (χ1n) is 10.5. The summed E-state index contributed by atoms with van der Waals surface area (Å²) in [4.78, 5) is 19.6. The molecule has 1 atom stereocenters. The minimum Gasteiger partial charge on any atom is -0.494 e. The first kappa shape index (κ1) is 19.5. The summed E-state index contributed by atoms with van der Waals surface area (Å²) in [6.07, 6.45) is 1.59. The zero-order valence-electron chi connectivity index (χ0n) is 17.5. The number of amides is 1. The third-order valence-electron chi connectivity index (χ3n) is 5.56. The van der Waals surface area contributed by atoms with E-state index < -0.39 is 0 Å². The number of hydrogen-bond acceptors (Lipinski definition) is 3. The number of benzene rings is 2. The first-order valence-corrected chi connectivity index (χ1v) is 10.5. The van der Waals surface area contributed by atoms with Gasteiger partial charge in [-0.2, -0.15) is 0 Å². The molecule has 0 spiro atoms. The molecule has 1 amide bonds. The molecule has 5 heteroatoms. The predicted molar refractivity (Wildman–Crippen MR) is 117 cm³/mol. The molecule has 3 aromatic rings. The lowest BCUT2D eigenvalue weighted by molar-refractivity contribution is -0.117. The van der Waals surface area contributed by atoms with Gasteiger partial charge in [0.1, 0.15) is 11.6 Å². The molecule has 2 heterocycles.